The maximum atomic E-state index is 9.69. The van der Waals surface area contributed by atoms with E-state index in [-0.39, 0.29) is 0 Å². The number of nitrogens with one attached hydrogen (secondary N) is 1. The number of pyridine rings is 2. The first-order valence-corrected chi connectivity index (χ1v) is 13.2. The molecule has 3 aliphatic heterocycles. The van der Waals surface area contributed by atoms with E-state index in [9.17, 15) is 5.26 Å². The molecular weight excluding hydrogens is 472 g/mol. The van der Waals surface area contributed by atoms with Crippen LogP contribution in [0.3, 0.4) is 0 Å². The van der Waals surface area contributed by atoms with Gasteiger partial charge < -0.3 is 4.90 Å². The number of rotatable bonds is 6. The van der Waals surface area contributed by atoms with Gasteiger partial charge in [-0.1, -0.05) is 31.2 Å². The number of aryl methyl sites for hydroxylation is 1. The van der Waals surface area contributed by atoms with Crippen molar-refractivity contribution in [3.63, 3.8) is 0 Å². The summed E-state index contributed by atoms with van der Waals surface area (Å²) in [6, 6.07) is 18.8. The van der Waals surface area contributed by atoms with Crippen LogP contribution in [0.25, 0.3) is 27.8 Å². The molecule has 3 fully saturated rings. The Bertz CT molecular complexity index is 1620. The smallest absolute Gasteiger partial charge is 0.128 e. The standard InChI is InChI=1S/C30H28N8/c1-2-20-3-5-21(6-4-20)16-37-26-10-27(37)19-36(18-26)29-8-7-22(12-32-29)28-9-23(25-13-33-34-14-25)17-38-30(28)24(11-31)15-35-38/h3-9,12-15,17,26-27H,2,10,16,18-19H2,1H3,(H,33,34). The quantitative estimate of drug-likeness (QED) is 0.364. The molecule has 8 rings (SSSR count). The Morgan fingerprint density at radius 3 is 2.47 bits per heavy atom. The molecule has 4 aromatic heterocycles. The first-order chi connectivity index (χ1) is 18.7. The van der Waals surface area contributed by atoms with E-state index in [1.807, 2.05) is 18.6 Å². The van der Waals surface area contributed by atoms with E-state index in [1.54, 1.807) is 16.9 Å². The van der Waals surface area contributed by atoms with Crippen LogP contribution in [0.2, 0.25) is 0 Å². The molecule has 38 heavy (non-hydrogen) atoms. The normalized spacial score (nSPS) is 18.9. The number of aromatic nitrogens is 5. The number of nitriles is 1. The third kappa shape index (κ3) is 3.83. The van der Waals surface area contributed by atoms with Gasteiger partial charge in [-0.05, 0) is 42.2 Å². The number of piperidine rings is 1. The van der Waals surface area contributed by atoms with Crippen LogP contribution in [0.15, 0.2) is 73.4 Å². The fourth-order valence-electron chi connectivity index (χ4n) is 5.95. The van der Waals surface area contributed by atoms with Crippen molar-refractivity contribution in [1.29, 1.82) is 5.26 Å². The lowest BCUT2D eigenvalue weighted by Crippen LogP contribution is -2.68. The van der Waals surface area contributed by atoms with Crippen molar-refractivity contribution >= 4 is 11.3 Å². The SMILES string of the molecule is CCc1ccc(CN2C3CC2CN(c2ccc(-c4cc(-c5cn[nH]c5)cn5ncc(C#N)c45)cn2)C3)cc1. The second-order valence-corrected chi connectivity index (χ2v) is 10.3. The van der Waals surface area contributed by atoms with Crippen LogP contribution in [-0.2, 0) is 13.0 Å². The minimum absolute atomic E-state index is 0.545. The zero-order valence-corrected chi connectivity index (χ0v) is 21.2. The number of fused-ring (bicyclic) bond motifs is 3. The molecule has 2 atom stereocenters. The van der Waals surface area contributed by atoms with Crippen LogP contribution in [0.5, 0.6) is 0 Å². The Hall–Kier alpha value is -4.48. The maximum absolute atomic E-state index is 9.69. The third-order valence-electron chi connectivity index (χ3n) is 8.09. The predicted molar refractivity (Wildman–Crippen MR) is 146 cm³/mol. The average Bonchev–Trinajstić information content (AvgIpc) is 3.66. The van der Waals surface area contributed by atoms with Gasteiger partial charge >= 0.3 is 0 Å². The van der Waals surface area contributed by atoms with E-state index in [2.05, 4.69) is 80.6 Å². The minimum atomic E-state index is 0.545. The molecule has 5 aromatic rings. The summed E-state index contributed by atoms with van der Waals surface area (Å²) in [6.07, 6.45) is 11.4. The van der Waals surface area contributed by atoms with Gasteiger partial charge in [-0.2, -0.15) is 15.5 Å². The fraction of sp³-hybridized carbons (Fsp3) is 0.267. The van der Waals surface area contributed by atoms with Gasteiger partial charge in [-0.3, -0.25) is 10.00 Å². The van der Waals surface area contributed by atoms with Gasteiger partial charge in [-0.15, -0.1) is 0 Å². The highest BCUT2D eigenvalue weighted by Crippen LogP contribution is 2.36. The summed E-state index contributed by atoms with van der Waals surface area (Å²) >= 11 is 0. The molecule has 2 bridgehead atoms. The molecular formula is C30H28N8. The Balaban J connectivity index is 1.12. The van der Waals surface area contributed by atoms with Crippen LogP contribution in [-0.4, -0.2) is 54.9 Å². The molecule has 1 N–H and O–H groups in total. The van der Waals surface area contributed by atoms with Crippen molar-refractivity contribution in [1.82, 2.24) is 29.7 Å². The lowest BCUT2D eigenvalue weighted by atomic mass is 9.86. The summed E-state index contributed by atoms with van der Waals surface area (Å²) in [6.45, 7) is 5.22. The van der Waals surface area contributed by atoms with Crippen LogP contribution >= 0.6 is 0 Å². The number of benzene rings is 1. The zero-order valence-electron chi connectivity index (χ0n) is 21.2. The first-order valence-electron chi connectivity index (χ1n) is 13.2. The molecule has 8 heteroatoms. The third-order valence-corrected chi connectivity index (χ3v) is 8.09. The number of anilines is 1. The number of hydrogen-bond acceptors (Lipinski definition) is 6. The van der Waals surface area contributed by atoms with Crippen molar-refractivity contribution in [3.05, 3.63) is 90.1 Å². The average molecular weight is 501 g/mol. The van der Waals surface area contributed by atoms with Crippen molar-refractivity contribution in [3.8, 4) is 28.3 Å². The largest absolute Gasteiger partial charge is 0.353 e. The van der Waals surface area contributed by atoms with Crippen LogP contribution < -0.4 is 4.90 Å². The highest BCUT2D eigenvalue weighted by atomic mass is 15.4. The van der Waals surface area contributed by atoms with E-state index in [4.69, 9.17) is 4.98 Å². The van der Waals surface area contributed by atoms with Crippen LogP contribution in [0.1, 0.15) is 30.0 Å². The maximum Gasteiger partial charge on any atom is 0.128 e. The van der Waals surface area contributed by atoms with Gasteiger partial charge in [0.25, 0.3) is 0 Å². The molecule has 7 heterocycles. The van der Waals surface area contributed by atoms with Gasteiger partial charge in [0.2, 0.25) is 0 Å². The molecule has 3 saturated heterocycles. The molecule has 0 saturated carbocycles. The Morgan fingerprint density at radius 2 is 1.79 bits per heavy atom. The monoisotopic (exact) mass is 500 g/mol. The number of hydrogen-bond donors (Lipinski definition) is 1. The van der Waals surface area contributed by atoms with Gasteiger partial charge in [0.1, 0.15) is 11.9 Å². The van der Waals surface area contributed by atoms with Crippen LogP contribution in [0.4, 0.5) is 5.82 Å². The van der Waals surface area contributed by atoms with E-state index < -0.39 is 0 Å². The lowest BCUT2D eigenvalue weighted by Gasteiger charge is -2.56. The Kier molecular flexibility index (Phi) is 5.45. The minimum Gasteiger partial charge on any atom is -0.353 e. The number of piperazine rings is 1. The molecule has 2 unspecified atom stereocenters. The molecule has 8 nitrogen and oxygen atoms in total. The molecule has 188 valence electrons. The van der Waals surface area contributed by atoms with Crippen molar-refractivity contribution in [2.45, 2.75) is 38.4 Å². The van der Waals surface area contributed by atoms with E-state index in [0.29, 0.717) is 17.6 Å². The highest BCUT2D eigenvalue weighted by Gasteiger charge is 2.44. The molecule has 3 aliphatic rings. The second-order valence-electron chi connectivity index (χ2n) is 10.3. The number of aromatic amines is 1. The van der Waals surface area contributed by atoms with Gasteiger partial charge in [-0.25, -0.2) is 9.50 Å². The summed E-state index contributed by atoms with van der Waals surface area (Å²) < 4.78 is 1.77. The van der Waals surface area contributed by atoms with Crippen molar-refractivity contribution in [2.75, 3.05) is 18.0 Å². The lowest BCUT2D eigenvalue weighted by molar-refractivity contribution is -0.00868. The van der Waals surface area contributed by atoms with Gasteiger partial charge in [0.05, 0.1) is 23.5 Å². The van der Waals surface area contributed by atoms with Crippen molar-refractivity contribution in [2.24, 2.45) is 0 Å². The van der Waals surface area contributed by atoms with E-state index in [0.717, 1.165) is 59.6 Å². The topological polar surface area (TPSA) is 89.1 Å². The molecule has 0 amide bonds. The van der Waals surface area contributed by atoms with Crippen molar-refractivity contribution < 1.29 is 0 Å². The van der Waals surface area contributed by atoms with Gasteiger partial charge in [0.15, 0.2) is 0 Å². The summed E-state index contributed by atoms with van der Waals surface area (Å²) in [5, 5.41) is 21.1. The molecule has 0 spiro atoms. The van der Waals surface area contributed by atoms with Gasteiger partial charge in [0, 0.05) is 72.6 Å². The summed E-state index contributed by atoms with van der Waals surface area (Å²) in [5.74, 6) is 1.01. The fourth-order valence-corrected chi connectivity index (χ4v) is 5.95. The number of H-pyrrole nitrogens is 1. The molecule has 1 aromatic carbocycles. The second kappa shape index (κ2) is 9.12. The Labute approximate surface area is 221 Å². The zero-order chi connectivity index (χ0) is 25.6. The predicted octanol–water partition coefficient (Wildman–Crippen LogP) is 4.68. The molecule has 0 aliphatic carbocycles. The van der Waals surface area contributed by atoms with E-state index in [1.165, 1.54) is 17.5 Å². The first kappa shape index (κ1) is 22.7. The summed E-state index contributed by atoms with van der Waals surface area (Å²) in [7, 11) is 0. The number of nitrogens with zero attached hydrogens (tertiary/aromatic N) is 7. The summed E-state index contributed by atoms with van der Waals surface area (Å²) in [4.78, 5) is 9.94. The molecule has 0 radical (unpaired) electrons. The summed E-state index contributed by atoms with van der Waals surface area (Å²) in [5.41, 5.74) is 7.94. The van der Waals surface area contributed by atoms with E-state index >= 15 is 0 Å². The van der Waals surface area contributed by atoms with Crippen LogP contribution in [0, 0.1) is 11.3 Å². The highest BCUT2D eigenvalue weighted by molar-refractivity contribution is 5.87. The Morgan fingerprint density at radius 1 is 0.974 bits per heavy atom.